The number of rotatable bonds is 3. The third kappa shape index (κ3) is 2.77. The molecule has 1 fully saturated rings. The van der Waals surface area contributed by atoms with Gasteiger partial charge in [-0.25, -0.2) is 4.98 Å². The molecule has 1 saturated heterocycles. The first kappa shape index (κ1) is 14.8. The van der Waals surface area contributed by atoms with Crippen LogP contribution in [-0.2, 0) is 0 Å². The van der Waals surface area contributed by atoms with Crippen molar-refractivity contribution in [1.82, 2.24) is 20.2 Å². The van der Waals surface area contributed by atoms with Crippen molar-refractivity contribution in [2.75, 3.05) is 25.1 Å². The minimum absolute atomic E-state index is 0.444. The molecule has 22 heavy (non-hydrogen) atoms. The Labute approximate surface area is 130 Å². The molecule has 6 nitrogen and oxygen atoms in total. The highest BCUT2D eigenvalue weighted by Crippen LogP contribution is 2.32. The van der Waals surface area contributed by atoms with E-state index in [1.807, 2.05) is 20.8 Å². The largest absolute Gasteiger partial charge is 0.481 e. The molecule has 2 aromatic rings. The van der Waals surface area contributed by atoms with Gasteiger partial charge in [-0.1, -0.05) is 0 Å². The van der Waals surface area contributed by atoms with Crippen LogP contribution < -0.4 is 9.64 Å². The van der Waals surface area contributed by atoms with Crippen molar-refractivity contribution in [3.05, 3.63) is 28.8 Å². The number of piperidine rings is 1. The molecule has 1 aliphatic heterocycles. The van der Waals surface area contributed by atoms with Crippen molar-refractivity contribution in [1.29, 1.82) is 0 Å². The Morgan fingerprint density at radius 3 is 2.77 bits per heavy atom. The van der Waals surface area contributed by atoms with Crippen LogP contribution in [0.2, 0.25) is 0 Å². The smallest absolute Gasteiger partial charge is 0.221 e. The fourth-order valence-electron chi connectivity index (χ4n) is 3.15. The molecular weight excluding hydrogens is 278 g/mol. The van der Waals surface area contributed by atoms with Gasteiger partial charge in [-0.3, -0.25) is 5.10 Å². The highest BCUT2D eigenvalue weighted by atomic mass is 16.5. The van der Waals surface area contributed by atoms with Crippen molar-refractivity contribution in [2.24, 2.45) is 0 Å². The lowest BCUT2D eigenvalue weighted by atomic mass is 9.94. The van der Waals surface area contributed by atoms with Crippen LogP contribution in [0.3, 0.4) is 0 Å². The number of ether oxygens (including phenoxy) is 1. The maximum atomic E-state index is 5.38. The molecule has 0 aromatic carbocycles. The van der Waals surface area contributed by atoms with Gasteiger partial charge in [0.2, 0.25) is 5.88 Å². The number of nitrogens with one attached hydrogen (secondary N) is 1. The maximum Gasteiger partial charge on any atom is 0.221 e. The predicted molar refractivity (Wildman–Crippen MR) is 85.6 cm³/mol. The van der Waals surface area contributed by atoms with Gasteiger partial charge in [0, 0.05) is 24.7 Å². The van der Waals surface area contributed by atoms with Gasteiger partial charge in [-0.15, -0.1) is 0 Å². The summed E-state index contributed by atoms with van der Waals surface area (Å²) in [4.78, 5) is 11.3. The molecule has 6 heteroatoms. The number of anilines is 1. The Morgan fingerprint density at radius 1 is 1.27 bits per heavy atom. The molecule has 0 spiro atoms. The van der Waals surface area contributed by atoms with E-state index in [2.05, 4.69) is 31.1 Å². The monoisotopic (exact) mass is 301 g/mol. The number of hydrogen-bond acceptors (Lipinski definition) is 5. The van der Waals surface area contributed by atoms with Gasteiger partial charge >= 0.3 is 0 Å². The second kappa shape index (κ2) is 5.94. The van der Waals surface area contributed by atoms with Crippen LogP contribution in [0.1, 0.15) is 41.5 Å². The quantitative estimate of drug-likeness (QED) is 0.943. The minimum atomic E-state index is 0.444. The van der Waals surface area contributed by atoms with Crippen molar-refractivity contribution >= 4 is 5.82 Å². The summed E-state index contributed by atoms with van der Waals surface area (Å²) in [7, 11) is 1.66. The molecule has 118 valence electrons. The van der Waals surface area contributed by atoms with Gasteiger partial charge in [-0.05, 0) is 39.7 Å². The average Bonchev–Trinajstić information content (AvgIpc) is 2.96. The van der Waals surface area contributed by atoms with Crippen LogP contribution in [0.5, 0.6) is 5.88 Å². The van der Waals surface area contributed by atoms with E-state index in [-0.39, 0.29) is 0 Å². The number of aryl methyl sites for hydroxylation is 2. The van der Waals surface area contributed by atoms with Crippen molar-refractivity contribution < 1.29 is 4.74 Å². The number of methoxy groups -OCH3 is 1. The predicted octanol–water partition coefficient (Wildman–Crippen LogP) is 2.52. The Morgan fingerprint density at radius 2 is 2.09 bits per heavy atom. The van der Waals surface area contributed by atoms with Crippen molar-refractivity contribution in [3.8, 4) is 5.88 Å². The number of aromatic nitrogens is 4. The average molecular weight is 301 g/mol. The Hall–Kier alpha value is -2.11. The zero-order valence-corrected chi connectivity index (χ0v) is 13.7. The fraction of sp³-hybridized carbons (Fsp3) is 0.562. The lowest BCUT2D eigenvalue weighted by molar-refractivity contribution is 0.391. The first-order chi connectivity index (χ1) is 10.6. The molecule has 1 unspecified atom stereocenters. The topological polar surface area (TPSA) is 66.9 Å². The summed E-state index contributed by atoms with van der Waals surface area (Å²) in [6.07, 6.45) is 2.31. The zero-order valence-electron chi connectivity index (χ0n) is 13.7. The van der Waals surface area contributed by atoms with E-state index in [0.29, 0.717) is 11.8 Å². The van der Waals surface area contributed by atoms with E-state index in [1.54, 1.807) is 7.11 Å². The molecule has 0 saturated carbocycles. The van der Waals surface area contributed by atoms with E-state index in [4.69, 9.17) is 4.74 Å². The maximum absolute atomic E-state index is 5.38. The molecule has 1 aliphatic rings. The van der Waals surface area contributed by atoms with E-state index < -0.39 is 0 Å². The van der Waals surface area contributed by atoms with Gasteiger partial charge in [0.25, 0.3) is 0 Å². The third-order valence-electron chi connectivity index (χ3n) is 4.25. The molecule has 3 heterocycles. The molecule has 3 rings (SSSR count). The molecule has 1 atom stereocenters. The van der Waals surface area contributed by atoms with Gasteiger partial charge in [0.15, 0.2) is 0 Å². The zero-order chi connectivity index (χ0) is 15.7. The van der Waals surface area contributed by atoms with Crippen LogP contribution in [0.4, 0.5) is 5.82 Å². The second-order valence-corrected chi connectivity index (χ2v) is 5.99. The summed E-state index contributed by atoms with van der Waals surface area (Å²) in [5.41, 5.74) is 3.27. The van der Waals surface area contributed by atoms with E-state index >= 15 is 0 Å². The molecule has 0 aliphatic carbocycles. The summed E-state index contributed by atoms with van der Waals surface area (Å²) in [5, 5.41) is 7.48. The Bertz CT molecular complexity index is 667. The summed E-state index contributed by atoms with van der Waals surface area (Å²) in [5.74, 6) is 2.84. The summed E-state index contributed by atoms with van der Waals surface area (Å²) in [6, 6.07) is 2.15. The highest BCUT2D eigenvalue weighted by molar-refractivity contribution is 5.51. The van der Waals surface area contributed by atoms with Crippen LogP contribution in [0.15, 0.2) is 6.07 Å². The van der Waals surface area contributed by atoms with Crippen molar-refractivity contribution in [3.63, 3.8) is 0 Å². The Balaban J connectivity index is 1.87. The second-order valence-electron chi connectivity index (χ2n) is 5.99. The summed E-state index contributed by atoms with van der Waals surface area (Å²) >= 11 is 0. The van der Waals surface area contributed by atoms with Crippen LogP contribution in [0, 0.1) is 20.8 Å². The van der Waals surface area contributed by atoms with Crippen LogP contribution in [-0.4, -0.2) is 40.4 Å². The first-order valence-corrected chi connectivity index (χ1v) is 7.74. The van der Waals surface area contributed by atoms with Crippen molar-refractivity contribution in [2.45, 2.75) is 39.5 Å². The number of aromatic amines is 1. The lowest BCUT2D eigenvalue weighted by Crippen LogP contribution is -2.35. The fourth-order valence-corrected chi connectivity index (χ4v) is 3.15. The minimum Gasteiger partial charge on any atom is -0.481 e. The lowest BCUT2D eigenvalue weighted by Gasteiger charge is -2.34. The molecule has 0 amide bonds. The van der Waals surface area contributed by atoms with Gasteiger partial charge < -0.3 is 9.64 Å². The van der Waals surface area contributed by atoms with Gasteiger partial charge in [0.1, 0.15) is 11.6 Å². The number of nitrogens with zero attached hydrogens (tertiary/aromatic N) is 4. The molecule has 0 radical (unpaired) electrons. The van der Waals surface area contributed by atoms with Crippen LogP contribution >= 0.6 is 0 Å². The van der Waals surface area contributed by atoms with E-state index in [9.17, 15) is 0 Å². The SMILES string of the molecule is COc1nc(C)nc(N2CCCC(c3cc(C)[nH]n3)C2)c1C. The van der Waals surface area contributed by atoms with E-state index in [1.165, 1.54) is 6.42 Å². The summed E-state index contributed by atoms with van der Waals surface area (Å²) in [6.45, 7) is 7.92. The molecule has 2 aromatic heterocycles. The van der Waals surface area contributed by atoms with Gasteiger partial charge in [-0.2, -0.15) is 10.1 Å². The first-order valence-electron chi connectivity index (χ1n) is 7.74. The highest BCUT2D eigenvalue weighted by Gasteiger charge is 2.26. The van der Waals surface area contributed by atoms with Crippen LogP contribution in [0.25, 0.3) is 0 Å². The normalized spacial score (nSPS) is 18.5. The van der Waals surface area contributed by atoms with E-state index in [0.717, 1.165) is 48.1 Å². The third-order valence-corrected chi connectivity index (χ3v) is 4.25. The standard InChI is InChI=1S/C16H23N5O/c1-10-8-14(20-19-10)13-6-5-7-21(9-13)15-11(2)16(22-4)18-12(3)17-15/h8,13H,5-7,9H2,1-4H3,(H,19,20). The number of H-pyrrole nitrogens is 1. The van der Waals surface area contributed by atoms with Gasteiger partial charge in [0.05, 0.1) is 18.4 Å². The number of hydrogen-bond donors (Lipinski definition) is 1. The molecule has 1 N–H and O–H groups in total. The Kier molecular flexibility index (Phi) is 4.00. The summed E-state index contributed by atoms with van der Waals surface area (Å²) < 4.78 is 5.38. The molecular formula is C16H23N5O. The molecule has 0 bridgehead atoms.